The van der Waals surface area contributed by atoms with Crippen molar-refractivity contribution in [3.05, 3.63) is 207 Å². The molecule has 0 heterocycles. The normalized spacial score (nSPS) is 10.8. The number of hydrogen-bond donors (Lipinski definition) is 4. The summed E-state index contributed by atoms with van der Waals surface area (Å²) in [6.45, 7) is 5.94. The van der Waals surface area contributed by atoms with Crippen molar-refractivity contribution in [2.45, 2.75) is 20.8 Å². The summed E-state index contributed by atoms with van der Waals surface area (Å²) in [4.78, 5) is 52.8. The van der Waals surface area contributed by atoms with E-state index in [-0.39, 0.29) is 129 Å². The Morgan fingerprint density at radius 3 is 0.847 bits per heavy atom. The molecule has 0 aliphatic heterocycles. The first-order valence-corrected chi connectivity index (χ1v) is 22.7. The van der Waals surface area contributed by atoms with E-state index in [1.165, 1.54) is 6.07 Å². The second-order valence-corrected chi connectivity index (χ2v) is 15.8. The molecule has 2 aliphatic rings. The van der Waals surface area contributed by atoms with E-state index in [1.807, 2.05) is 87.5 Å². The number of rotatable bonds is 6. The molecule has 350 valence electrons. The first kappa shape index (κ1) is 62.4. The van der Waals surface area contributed by atoms with Crippen molar-refractivity contribution in [2.24, 2.45) is 0 Å². The Balaban J connectivity index is 0.000000396. The molecule has 0 unspecified atom stereocenters. The predicted molar refractivity (Wildman–Crippen MR) is 250 cm³/mol. The molecule has 2 aliphatic carbocycles. The second kappa shape index (κ2) is 29.1. The first-order valence-electron chi connectivity index (χ1n) is 19.7. The van der Waals surface area contributed by atoms with E-state index >= 15 is 0 Å². The number of aromatic hydroxyl groups is 1. The quantitative estimate of drug-likeness (QED) is 0.0811. The molecule has 7 aromatic carbocycles. The van der Waals surface area contributed by atoms with Gasteiger partial charge in [-0.3, -0.25) is 19.2 Å². The molecule has 0 bridgehead atoms. The fraction of sp³-hybridized carbons (Fsp3) is 0.0612. The van der Waals surface area contributed by atoms with E-state index in [0.29, 0.717) is 56.1 Å². The van der Waals surface area contributed by atoms with Gasteiger partial charge in [0.05, 0.1) is 22.3 Å². The van der Waals surface area contributed by atoms with Gasteiger partial charge in [0.2, 0.25) is 0 Å². The molecule has 0 saturated heterocycles. The molecule has 0 aromatic heterocycles. The largest absolute Gasteiger partial charge is 1.00 e. The number of phenols is 1. The number of carbonyl (C=O) groups excluding carboxylic acids is 4. The molecule has 0 saturated carbocycles. The van der Waals surface area contributed by atoms with Crippen LogP contribution in [0.2, 0.25) is 0 Å². The Hall–Kier alpha value is -5.72. The first-order chi connectivity index (χ1) is 32.8. The number of phenolic OH excluding ortho intramolecular Hbond substituents is 1. The number of ketones is 4. The molecule has 9 rings (SSSR count). The van der Waals surface area contributed by atoms with Crippen molar-refractivity contribution in [1.29, 1.82) is 0 Å². The van der Waals surface area contributed by atoms with E-state index < -0.39 is 31.8 Å². The van der Waals surface area contributed by atoms with Gasteiger partial charge in [-0.2, -0.15) is 71.3 Å². The Bertz CT molecular complexity index is 3320. The van der Waals surface area contributed by atoms with Gasteiger partial charge in [-0.1, -0.05) is 86.4 Å². The summed E-state index contributed by atoms with van der Waals surface area (Å²) in [7, 11) is -9.33. The standard InChI is InChI=1S/C28H20N2O2.C21H14NO3.3Na.3O3S/c1-17-7-11-19(12-8-17)29-23-15-16-24(30-20-13-9-18(2)10-14-20)26-25(23)27(31)21-5-3-4-6-22(21)28(26)32;1-12-6-8-13(9-7-12)22-16-10-11-17(23)19-18(16)20(24)14-4-2-3-5-15(14)21(19)25;;;;3*1-4(2)3/h3-11,13,15-16,29-30H,1-2H3;2-8,10-11,22-23H,1H3;;;;;;/q-2;-1;3*+1;;;. The summed E-state index contributed by atoms with van der Waals surface area (Å²) in [6, 6.07) is 46.8. The third-order valence-corrected chi connectivity index (χ3v) is 9.84. The molecule has 17 nitrogen and oxygen atoms in total. The summed E-state index contributed by atoms with van der Waals surface area (Å²) in [5.74, 6) is -1.18. The van der Waals surface area contributed by atoms with Crippen LogP contribution in [-0.2, 0) is 31.8 Å². The summed E-state index contributed by atoms with van der Waals surface area (Å²) in [5.41, 5.74) is 9.45. The van der Waals surface area contributed by atoms with Gasteiger partial charge in [0.15, 0.2) is 23.1 Å². The van der Waals surface area contributed by atoms with E-state index in [4.69, 9.17) is 37.9 Å². The maximum Gasteiger partial charge on any atom is 1.00 e. The average Bonchev–Trinajstić information content (AvgIpc) is 3.30. The number of aryl methyl sites for hydroxylation is 3. The van der Waals surface area contributed by atoms with E-state index in [1.54, 1.807) is 54.6 Å². The van der Waals surface area contributed by atoms with Gasteiger partial charge in [0, 0.05) is 39.3 Å². The number of nitrogens with one attached hydrogen (secondary N) is 3. The number of hydrogen-bond acceptors (Lipinski definition) is 17. The predicted octanol–water partition coefficient (Wildman–Crippen LogP) is -1.81. The van der Waals surface area contributed by atoms with Crippen LogP contribution >= 0.6 is 0 Å². The summed E-state index contributed by atoms with van der Waals surface area (Å²) in [5, 5.41) is 19.9. The molecule has 72 heavy (non-hydrogen) atoms. The van der Waals surface area contributed by atoms with Crippen LogP contribution in [0, 0.1) is 39.0 Å². The van der Waals surface area contributed by atoms with E-state index in [2.05, 4.69) is 34.1 Å². The van der Waals surface area contributed by atoms with Gasteiger partial charge in [-0.15, -0.1) is 56.1 Å². The van der Waals surface area contributed by atoms with Crippen LogP contribution in [0.4, 0.5) is 34.1 Å². The van der Waals surface area contributed by atoms with E-state index in [0.717, 1.165) is 28.1 Å². The molecule has 0 spiro atoms. The molecule has 4 N–H and O–H groups in total. The Kier molecular flexibility index (Phi) is 25.2. The van der Waals surface area contributed by atoms with Gasteiger partial charge in [-0.25, -0.2) is 0 Å². The van der Waals surface area contributed by atoms with Crippen LogP contribution in [0.5, 0.6) is 5.75 Å². The number of carbonyl (C=O) groups is 4. The maximum absolute atomic E-state index is 13.5. The van der Waals surface area contributed by atoms with Crippen molar-refractivity contribution in [2.75, 3.05) is 16.0 Å². The maximum atomic E-state index is 13.5. The second-order valence-electron chi connectivity index (χ2n) is 14.5. The number of fused-ring (bicyclic) bond motifs is 4. The summed E-state index contributed by atoms with van der Waals surface area (Å²) < 4.78 is 76.0. The van der Waals surface area contributed by atoms with Crippen LogP contribution in [0.1, 0.15) is 80.4 Å². The van der Waals surface area contributed by atoms with Crippen molar-refractivity contribution in [3.63, 3.8) is 0 Å². The Morgan fingerprint density at radius 1 is 0.361 bits per heavy atom. The van der Waals surface area contributed by atoms with Gasteiger partial charge < -0.3 is 21.1 Å². The zero-order valence-corrected chi connectivity index (χ0v) is 47.6. The fourth-order valence-electron chi connectivity index (χ4n) is 6.92. The van der Waals surface area contributed by atoms with Crippen LogP contribution < -0.4 is 105 Å². The third kappa shape index (κ3) is 16.7. The monoisotopic (exact) mass is 1050 g/mol. The smallest absolute Gasteiger partial charge is 0.507 e. The van der Waals surface area contributed by atoms with Crippen molar-refractivity contribution in [1.82, 2.24) is 0 Å². The van der Waals surface area contributed by atoms with Crippen LogP contribution in [0.3, 0.4) is 0 Å². The van der Waals surface area contributed by atoms with Crippen LogP contribution in [-0.4, -0.2) is 66.1 Å². The fourth-order valence-corrected chi connectivity index (χ4v) is 6.92. The molecular formula is C49H34N3Na3O14S3. The SMILES string of the molecule is Cc1c[c-]c(Nc2ccc(Nc3[c-]cc(C)cc3)c3c2C(=O)c2ccccc2C3=O)cc1.Cc1c[c-]c(Nc2ccc(O)c3c2C(=O)c2ccccc2C3=O)cc1.O=S(=O)=O.O=S(=O)=O.O=S(=O)=O.[Na+].[Na+].[Na+]. The Morgan fingerprint density at radius 2 is 0.597 bits per heavy atom. The molecule has 0 fully saturated rings. The number of benzene rings is 7. The minimum absolute atomic E-state index is 0. The molecule has 7 aromatic rings. The zero-order valence-electron chi connectivity index (χ0n) is 39.1. The minimum Gasteiger partial charge on any atom is -0.507 e. The summed E-state index contributed by atoms with van der Waals surface area (Å²) in [6.07, 6.45) is 0. The molecule has 23 heteroatoms. The Labute approximate surface area is 483 Å². The topological polar surface area (TPSA) is 278 Å². The molecular weight excluding hydrogens is 1020 g/mol. The van der Waals surface area contributed by atoms with Gasteiger partial charge in [0.1, 0.15) is 5.75 Å². The molecule has 0 radical (unpaired) electrons. The van der Waals surface area contributed by atoms with Gasteiger partial charge in [0.25, 0.3) is 0 Å². The third-order valence-electron chi connectivity index (χ3n) is 9.84. The zero-order chi connectivity index (χ0) is 50.5. The van der Waals surface area contributed by atoms with E-state index in [9.17, 15) is 24.3 Å². The molecule has 0 amide bonds. The summed E-state index contributed by atoms with van der Waals surface area (Å²) >= 11 is 0. The van der Waals surface area contributed by atoms with Crippen molar-refractivity contribution in [3.8, 4) is 5.75 Å². The average molecular weight is 1050 g/mol. The van der Waals surface area contributed by atoms with Crippen LogP contribution in [0.25, 0.3) is 0 Å². The molecule has 0 atom stereocenters. The number of anilines is 6. The minimum atomic E-state index is -3.11. The van der Waals surface area contributed by atoms with Crippen molar-refractivity contribution < 1.29 is 151 Å². The van der Waals surface area contributed by atoms with Gasteiger partial charge in [-0.05, 0) is 24.3 Å². The van der Waals surface area contributed by atoms with Crippen LogP contribution in [0.15, 0.2) is 127 Å². The van der Waals surface area contributed by atoms with Gasteiger partial charge >= 0.3 is 120 Å². The van der Waals surface area contributed by atoms with Crippen molar-refractivity contribution >= 4 is 89.1 Å².